The lowest BCUT2D eigenvalue weighted by atomic mass is 10.3. The molecule has 0 saturated carbocycles. The van der Waals surface area contributed by atoms with Crippen molar-refractivity contribution in [1.29, 1.82) is 0 Å². The average molecular weight is 403 g/mol. The quantitative estimate of drug-likeness (QED) is 0.551. The molecule has 0 bridgehead atoms. The molecule has 1 atom stereocenters. The second-order valence-corrected chi connectivity index (χ2v) is 8.96. The van der Waals surface area contributed by atoms with Gasteiger partial charge in [0.05, 0.1) is 10.9 Å². The maximum atomic E-state index is 12.6. The van der Waals surface area contributed by atoms with E-state index in [0.717, 1.165) is 24.9 Å². The van der Waals surface area contributed by atoms with Gasteiger partial charge < -0.3 is 10.6 Å². The summed E-state index contributed by atoms with van der Waals surface area (Å²) in [6.45, 7) is 1.87. The molecule has 3 aromatic rings. The Bertz CT molecular complexity index is 870. The molecule has 5 nitrogen and oxygen atoms in total. The first-order valence-electron chi connectivity index (χ1n) is 7.96. The molecule has 2 N–H and O–H groups in total. The van der Waals surface area contributed by atoms with Crippen LogP contribution in [0.25, 0.3) is 0 Å². The molecule has 0 aliphatic heterocycles. The lowest BCUT2D eigenvalue weighted by molar-refractivity contribution is -0.115. The highest BCUT2D eigenvalue weighted by molar-refractivity contribution is 8.02. The number of rotatable bonds is 7. The van der Waals surface area contributed by atoms with Gasteiger partial charge in [-0.1, -0.05) is 65.2 Å². The van der Waals surface area contributed by atoms with Crippen molar-refractivity contribution in [3.8, 4) is 0 Å². The number of carbonyl (C=O) groups is 1. The molecule has 0 aliphatic rings. The molecule has 8 heteroatoms. The number of amides is 1. The van der Waals surface area contributed by atoms with Gasteiger partial charge >= 0.3 is 0 Å². The van der Waals surface area contributed by atoms with E-state index in [4.69, 9.17) is 0 Å². The number of benzene rings is 2. The Labute approximate surface area is 165 Å². The van der Waals surface area contributed by atoms with E-state index in [9.17, 15) is 4.79 Å². The fourth-order valence-electron chi connectivity index (χ4n) is 2.07. The Morgan fingerprint density at radius 3 is 2.54 bits per heavy atom. The Kier molecular flexibility index (Phi) is 6.54. The number of nitrogens with one attached hydrogen (secondary N) is 2. The zero-order chi connectivity index (χ0) is 18.4. The average Bonchev–Trinajstić information content (AvgIpc) is 3.11. The van der Waals surface area contributed by atoms with Crippen LogP contribution < -0.4 is 10.6 Å². The Hall–Kier alpha value is -2.03. The molecule has 1 amide bonds. The minimum absolute atomic E-state index is 0.0580. The van der Waals surface area contributed by atoms with Crippen LogP contribution in [0.4, 0.5) is 10.8 Å². The topological polar surface area (TPSA) is 66.9 Å². The van der Waals surface area contributed by atoms with E-state index in [-0.39, 0.29) is 11.2 Å². The van der Waals surface area contributed by atoms with E-state index >= 15 is 0 Å². The molecule has 26 heavy (non-hydrogen) atoms. The molecule has 2 aromatic carbocycles. The normalized spacial score (nSPS) is 11.8. The van der Waals surface area contributed by atoms with E-state index in [2.05, 4.69) is 33.0 Å². The first-order valence-corrected chi connectivity index (χ1v) is 10.5. The predicted octanol–water partition coefficient (Wildman–Crippen LogP) is 4.85. The minimum Gasteiger partial charge on any atom is -0.363 e. The van der Waals surface area contributed by atoms with Gasteiger partial charge in [0.15, 0.2) is 4.34 Å². The van der Waals surface area contributed by atoms with Crippen LogP contribution in [0.3, 0.4) is 0 Å². The number of aromatic nitrogens is 2. The van der Waals surface area contributed by atoms with Crippen molar-refractivity contribution in [1.82, 2.24) is 10.2 Å². The highest BCUT2D eigenvalue weighted by Crippen LogP contribution is 2.34. The number of nitrogens with zero attached hydrogens (tertiary/aromatic N) is 2. The molecule has 0 spiro atoms. The highest BCUT2D eigenvalue weighted by atomic mass is 32.2. The summed E-state index contributed by atoms with van der Waals surface area (Å²) in [7, 11) is 1.80. The van der Waals surface area contributed by atoms with Crippen LogP contribution in [0.5, 0.6) is 0 Å². The maximum absolute atomic E-state index is 12.6. The number of hydrogen-bond donors (Lipinski definition) is 2. The molecule has 0 aliphatic carbocycles. The summed E-state index contributed by atoms with van der Waals surface area (Å²) in [5.41, 5.74) is 0.812. The van der Waals surface area contributed by atoms with Crippen LogP contribution in [-0.4, -0.2) is 28.4 Å². The second-order valence-electron chi connectivity index (χ2n) is 5.28. The van der Waals surface area contributed by atoms with Crippen molar-refractivity contribution in [3.63, 3.8) is 0 Å². The monoisotopic (exact) mass is 402 g/mol. The largest absolute Gasteiger partial charge is 0.363 e. The summed E-state index contributed by atoms with van der Waals surface area (Å²) in [6, 6.07) is 17.9. The second kappa shape index (κ2) is 9.07. The molecule has 0 saturated heterocycles. The van der Waals surface area contributed by atoms with Gasteiger partial charge in [0.1, 0.15) is 0 Å². The van der Waals surface area contributed by atoms with E-state index in [1.54, 1.807) is 18.8 Å². The summed E-state index contributed by atoms with van der Waals surface area (Å²) in [5.74, 6) is -0.0580. The van der Waals surface area contributed by atoms with Gasteiger partial charge in [0.25, 0.3) is 0 Å². The van der Waals surface area contributed by atoms with Crippen molar-refractivity contribution in [2.75, 3.05) is 17.7 Å². The predicted molar refractivity (Wildman–Crippen MR) is 110 cm³/mol. The molecular formula is C18H18N4OS3. The van der Waals surface area contributed by atoms with Crippen LogP contribution >= 0.6 is 34.9 Å². The van der Waals surface area contributed by atoms with Crippen LogP contribution in [-0.2, 0) is 4.79 Å². The van der Waals surface area contributed by atoms with Gasteiger partial charge in [-0.25, -0.2) is 0 Å². The summed E-state index contributed by atoms with van der Waals surface area (Å²) in [6.07, 6.45) is 0. The van der Waals surface area contributed by atoms with Crippen molar-refractivity contribution in [2.45, 2.75) is 26.3 Å². The first kappa shape index (κ1) is 18.8. The van der Waals surface area contributed by atoms with Crippen LogP contribution in [0, 0.1) is 0 Å². The van der Waals surface area contributed by atoms with Crippen molar-refractivity contribution < 1.29 is 4.79 Å². The van der Waals surface area contributed by atoms with Crippen molar-refractivity contribution >= 4 is 51.6 Å². The lowest BCUT2D eigenvalue weighted by Crippen LogP contribution is -2.22. The smallest absolute Gasteiger partial charge is 0.237 e. The Balaban J connectivity index is 1.67. The molecule has 1 heterocycles. The zero-order valence-electron chi connectivity index (χ0n) is 14.3. The van der Waals surface area contributed by atoms with Crippen LogP contribution in [0.15, 0.2) is 68.7 Å². The van der Waals surface area contributed by atoms with E-state index in [1.165, 1.54) is 23.1 Å². The molecule has 134 valence electrons. The zero-order valence-corrected chi connectivity index (χ0v) is 16.8. The lowest BCUT2D eigenvalue weighted by Gasteiger charge is -2.13. The van der Waals surface area contributed by atoms with Gasteiger partial charge in [-0.05, 0) is 31.2 Å². The summed E-state index contributed by atoms with van der Waals surface area (Å²) < 4.78 is 0.768. The van der Waals surface area contributed by atoms with Gasteiger partial charge in [0, 0.05) is 16.8 Å². The number of thioether (sulfide) groups is 1. The SMILES string of the molecule is CNc1nnc(S[C@H](C)C(=O)Nc2ccccc2Sc2ccccc2)s1. The molecule has 0 fully saturated rings. The van der Waals surface area contributed by atoms with Crippen LogP contribution in [0.2, 0.25) is 0 Å². The molecular weight excluding hydrogens is 384 g/mol. The Morgan fingerprint density at radius 1 is 1.08 bits per heavy atom. The standard InChI is InChI=1S/C18H18N4OS3/c1-12(24-18-22-21-17(19-2)26-18)16(23)20-14-10-6-7-11-15(14)25-13-8-4-3-5-9-13/h3-12H,1-2H3,(H,19,21)(H,20,23)/t12-/m1/s1. The third-order valence-electron chi connectivity index (χ3n) is 3.38. The summed E-state index contributed by atoms with van der Waals surface area (Å²) >= 11 is 4.47. The van der Waals surface area contributed by atoms with Crippen molar-refractivity contribution in [3.05, 3.63) is 54.6 Å². The number of anilines is 2. The third-order valence-corrected chi connectivity index (χ3v) is 6.59. The minimum atomic E-state index is -0.276. The fourth-order valence-corrected chi connectivity index (χ4v) is 4.84. The van der Waals surface area contributed by atoms with E-state index in [0.29, 0.717) is 0 Å². The van der Waals surface area contributed by atoms with Gasteiger partial charge in [-0.3, -0.25) is 4.79 Å². The molecule has 1 aromatic heterocycles. The van der Waals surface area contributed by atoms with E-state index < -0.39 is 0 Å². The summed E-state index contributed by atoms with van der Waals surface area (Å²) in [5, 5.41) is 14.5. The van der Waals surface area contributed by atoms with Crippen LogP contribution in [0.1, 0.15) is 6.92 Å². The first-order chi connectivity index (χ1) is 12.7. The molecule has 0 unspecified atom stereocenters. The fraction of sp³-hybridized carbons (Fsp3) is 0.167. The Morgan fingerprint density at radius 2 is 1.81 bits per heavy atom. The molecule has 0 radical (unpaired) electrons. The maximum Gasteiger partial charge on any atom is 0.237 e. The van der Waals surface area contributed by atoms with Gasteiger partial charge in [-0.2, -0.15) is 0 Å². The third kappa shape index (κ3) is 5.00. The van der Waals surface area contributed by atoms with Gasteiger partial charge in [-0.15, -0.1) is 10.2 Å². The van der Waals surface area contributed by atoms with Gasteiger partial charge in [0.2, 0.25) is 11.0 Å². The van der Waals surface area contributed by atoms with E-state index in [1.807, 2.05) is 49.4 Å². The van der Waals surface area contributed by atoms with Crippen molar-refractivity contribution in [2.24, 2.45) is 0 Å². The number of hydrogen-bond acceptors (Lipinski definition) is 7. The number of carbonyl (C=O) groups excluding carboxylic acids is 1. The highest BCUT2D eigenvalue weighted by Gasteiger charge is 2.18. The molecule has 3 rings (SSSR count). The summed E-state index contributed by atoms with van der Waals surface area (Å²) in [4.78, 5) is 14.7. The number of para-hydroxylation sites is 1.